The summed E-state index contributed by atoms with van der Waals surface area (Å²) < 4.78 is 0. The maximum Gasteiger partial charge on any atom is 0.282 e. The molecule has 1 aliphatic carbocycles. The molecule has 2 rings (SSSR count). The maximum absolute atomic E-state index is 11.8. The minimum absolute atomic E-state index is 0.105. The summed E-state index contributed by atoms with van der Waals surface area (Å²) in [6.45, 7) is 1.17. The number of carbonyl (C=O) groups is 1. The number of carbonyl (C=O) groups excluding carboxylic acids is 1. The third-order valence-corrected chi connectivity index (χ3v) is 2.77. The summed E-state index contributed by atoms with van der Waals surface area (Å²) in [5, 5.41) is 16.7. The van der Waals surface area contributed by atoms with E-state index in [9.17, 15) is 14.9 Å². The van der Waals surface area contributed by atoms with Crippen molar-refractivity contribution in [3.8, 4) is 0 Å². The van der Waals surface area contributed by atoms with E-state index in [0.29, 0.717) is 19.1 Å². The van der Waals surface area contributed by atoms with E-state index in [1.54, 1.807) is 12.1 Å². The van der Waals surface area contributed by atoms with Gasteiger partial charge in [-0.15, -0.1) is 0 Å². The van der Waals surface area contributed by atoms with E-state index >= 15 is 0 Å². The largest absolute Gasteiger partial charge is 0.351 e. The Bertz CT molecular complexity index is 458. The zero-order valence-corrected chi connectivity index (χ0v) is 9.89. The second-order valence-electron chi connectivity index (χ2n) is 4.26. The monoisotopic (exact) mass is 249 g/mol. The number of nitro groups is 1. The number of nitrogens with zero attached hydrogens (tertiary/aromatic N) is 1. The van der Waals surface area contributed by atoms with Crippen LogP contribution in [0, 0.1) is 10.1 Å². The first-order valence-electron chi connectivity index (χ1n) is 5.93. The first kappa shape index (κ1) is 12.5. The lowest BCUT2D eigenvalue weighted by atomic mass is 10.1. The van der Waals surface area contributed by atoms with E-state index in [-0.39, 0.29) is 11.3 Å². The molecule has 1 aromatic carbocycles. The molecule has 0 unspecified atom stereocenters. The molecule has 6 heteroatoms. The highest BCUT2D eigenvalue weighted by Crippen LogP contribution is 2.18. The van der Waals surface area contributed by atoms with Gasteiger partial charge in [-0.1, -0.05) is 12.1 Å². The Hall–Kier alpha value is -1.95. The Balaban J connectivity index is 1.88. The molecule has 96 valence electrons. The number of para-hydroxylation sites is 1. The Morgan fingerprint density at radius 1 is 1.33 bits per heavy atom. The fourth-order valence-electron chi connectivity index (χ4n) is 1.66. The molecule has 1 aliphatic rings. The summed E-state index contributed by atoms with van der Waals surface area (Å²) in [6, 6.07) is 6.54. The molecular weight excluding hydrogens is 234 g/mol. The minimum Gasteiger partial charge on any atom is -0.351 e. The van der Waals surface area contributed by atoms with Gasteiger partial charge in [0.1, 0.15) is 5.56 Å². The number of hydrogen-bond donors (Lipinski definition) is 2. The number of nitrogens with one attached hydrogen (secondary N) is 2. The Morgan fingerprint density at radius 3 is 2.72 bits per heavy atom. The lowest BCUT2D eigenvalue weighted by molar-refractivity contribution is -0.385. The third-order valence-electron chi connectivity index (χ3n) is 2.77. The highest BCUT2D eigenvalue weighted by Gasteiger charge is 2.21. The van der Waals surface area contributed by atoms with Crippen molar-refractivity contribution in [3.05, 3.63) is 39.9 Å². The topological polar surface area (TPSA) is 84.3 Å². The van der Waals surface area contributed by atoms with Crippen LogP contribution in [0.25, 0.3) is 0 Å². The molecule has 6 nitrogen and oxygen atoms in total. The van der Waals surface area contributed by atoms with Crippen molar-refractivity contribution in [3.63, 3.8) is 0 Å². The lowest BCUT2D eigenvalue weighted by Crippen LogP contribution is -2.32. The summed E-state index contributed by atoms with van der Waals surface area (Å²) in [7, 11) is 0. The van der Waals surface area contributed by atoms with Gasteiger partial charge in [-0.05, 0) is 18.9 Å². The fourth-order valence-corrected chi connectivity index (χ4v) is 1.66. The number of hydrogen-bond acceptors (Lipinski definition) is 4. The van der Waals surface area contributed by atoms with Crippen LogP contribution in [0.1, 0.15) is 23.2 Å². The number of nitro benzene ring substituents is 1. The highest BCUT2D eigenvalue weighted by molar-refractivity contribution is 5.98. The summed E-state index contributed by atoms with van der Waals surface area (Å²) >= 11 is 0. The minimum atomic E-state index is -0.544. The molecular formula is C12H15N3O3. The van der Waals surface area contributed by atoms with Gasteiger partial charge >= 0.3 is 0 Å². The van der Waals surface area contributed by atoms with E-state index in [1.165, 1.54) is 25.0 Å². The number of amides is 1. The van der Waals surface area contributed by atoms with Gasteiger partial charge in [0.25, 0.3) is 11.6 Å². The van der Waals surface area contributed by atoms with Crippen molar-refractivity contribution in [2.45, 2.75) is 18.9 Å². The SMILES string of the molecule is O=C(NCCNC1CC1)c1ccccc1[N+](=O)[O-]. The van der Waals surface area contributed by atoms with Crippen LogP contribution in [0.3, 0.4) is 0 Å². The van der Waals surface area contributed by atoms with Gasteiger partial charge in [-0.25, -0.2) is 0 Å². The Kier molecular flexibility index (Phi) is 3.88. The van der Waals surface area contributed by atoms with Crippen molar-refractivity contribution in [1.29, 1.82) is 0 Å². The molecule has 0 heterocycles. The van der Waals surface area contributed by atoms with E-state index in [0.717, 1.165) is 0 Å². The van der Waals surface area contributed by atoms with Crippen LogP contribution in [0.4, 0.5) is 5.69 Å². The quantitative estimate of drug-likeness (QED) is 0.449. The average Bonchev–Trinajstić information content (AvgIpc) is 3.18. The van der Waals surface area contributed by atoms with Gasteiger partial charge in [0, 0.05) is 25.2 Å². The molecule has 0 radical (unpaired) electrons. The molecule has 0 aliphatic heterocycles. The molecule has 0 spiro atoms. The van der Waals surface area contributed by atoms with Crippen LogP contribution in [0.2, 0.25) is 0 Å². The second-order valence-corrected chi connectivity index (χ2v) is 4.26. The number of benzene rings is 1. The zero-order chi connectivity index (χ0) is 13.0. The van der Waals surface area contributed by atoms with E-state index in [2.05, 4.69) is 10.6 Å². The van der Waals surface area contributed by atoms with E-state index in [4.69, 9.17) is 0 Å². The van der Waals surface area contributed by atoms with Gasteiger partial charge in [0.2, 0.25) is 0 Å². The molecule has 0 aromatic heterocycles. The van der Waals surface area contributed by atoms with Gasteiger partial charge < -0.3 is 10.6 Å². The fraction of sp³-hybridized carbons (Fsp3) is 0.417. The van der Waals surface area contributed by atoms with E-state index < -0.39 is 10.8 Å². The first-order chi connectivity index (χ1) is 8.68. The molecule has 0 atom stereocenters. The molecule has 1 amide bonds. The van der Waals surface area contributed by atoms with Crippen molar-refractivity contribution < 1.29 is 9.72 Å². The maximum atomic E-state index is 11.8. The smallest absolute Gasteiger partial charge is 0.282 e. The molecule has 1 fully saturated rings. The van der Waals surface area contributed by atoms with Crippen LogP contribution in [0.15, 0.2) is 24.3 Å². The Morgan fingerprint density at radius 2 is 2.06 bits per heavy atom. The standard InChI is InChI=1S/C12H15N3O3/c16-12(14-8-7-13-9-5-6-9)10-3-1-2-4-11(10)15(17)18/h1-4,9,13H,5-8H2,(H,14,16). The lowest BCUT2D eigenvalue weighted by Gasteiger charge is -2.06. The summed E-state index contributed by atoms with van der Waals surface area (Å²) in [5.74, 6) is -0.403. The third kappa shape index (κ3) is 3.27. The molecule has 0 saturated heterocycles. The van der Waals surface area contributed by atoms with Crippen molar-refractivity contribution in [2.24, 2.45) is 0 Å². The summed E-state index contributed by atoms with van der Waals surface area (Å²) in [4.78, 5) is 22.0. The van der Waals surface area contributed by atoms with Crippen molar-refractivity contribution >= 4 is 11.6 Å². The average molecular weight is 249 g/mol. The molecule has 2 N–H and O–H groups in total. The Labute approximate surface area is 105 Å². The van der Waals surface area contributed by atoms with Gasteiger partial charge in [-0.2, -0.15) is 0 Å². The van der Waals surface area contributed by atoms with Crippen LogP contribution in [-0.2, 0) is 0 Å². The first-order valence-corrected chi connectivity index (χ1v) is 5.93. The van der Waals surface area contributed by atoms with Gasteiger partial charge in [0.05, 0.1) is 4.92 Å². The molecule has 0 bridgehead atoms. The van der Waals surface area contributed by atoms with Crippen LogP contribution < -0.4 is 10.6 Å². The highest BCUT2D eigenvalue weighted by atomic mass is 16.6. The molecule has 1 aromatic rings. The zero-order valence-electron chi connectivity index (χ0n) is 9.89. The van der Waals surface area contributed by atoms with Gasteiger partial charge in [0.15, 0.2) is 0 Å². The van der Waals surface area contributed by atoms with Gasteiger partial charge in [-0.3, -0.25) is 14.9 Å². The van der Waals surface area contributed by atoms with E-state index in [1.807, 2.05) is 0 Å². The normalized spacial score (nSPS) is 14.2. The number of rotatable bonds is 6. The second kappa shape index (κ2) is 5.59. The van der Waals surface area contributed by atoms with Crippen LogP contribution in [0.5, 0.6) is 0 Å². The molecule has 18 heavy (non-hydrogen) atoms. The predicted octanol–water partition coefficient (Wildman–Crippen LogP) is 1.08. The molecule has 1 saturated carbocycles. The van der Waals surface area contributed by atoms with Crippen LogP contribution >= 0.6 is 0 Å². The van der Waals surface area contributed by atoms with Crippen LogP contribution in [-0.4, -0.2) is 30.0 Å². The van der Waals surface area contributed by atoms with Crippen molar-refractivity contribution in [1.82, 2.24) is 10.6 Å². The van der Waals surface area contributed by atoms with Crippen molar-refractivity contribution in [2.75, 3.05) is 13.1 Å². The predicted molar refractivity (Wildman–Crippen MR) is 66.5 cm³/mol. The summed E-state index contributed by atoms with van der Waals surface area (Å²) in [5.41, 5.74) is -0.0564. The summed E-state index contributed by atoms with van der Waals surface area (Å²) in [6.07, 6.45) is 2.39.